The number of amides is 4. The molecule has 4 aromatic carbocycles. The zero-order valence-corrected chi connectivity index (χ0v) is 32.3. The van der Waals surface area contributed by atoms with Gasteiger partial charge in [0, 0.05) is 37.4 Å². The largest absolute Gasteiger partial charge is 0.465 e. The van der Waals surface area contributed by atoms with Crippen LogP contribution in [0.5, 0.6) is 0 Å². The summed E-state index contributed by atoms with van der Waals surface area (Å²) in [4.78, 5) is 67.4. The Balaban J connectivity index is 1.34. The Hall–Kier alpha value is -5.40. The van der Waals surface area contributed by atoms with Gasteiger partial charge < -0.3 is 26.0 Å². The van der Waals surface area contributed by atoms with Crippen molar-refractivity contribution in [2.24, 2.45) is 0 Å². The van der Waals surface area contributed by atoms with Crippen molar-refractivity contribution >= 4 is 98.4 Å². The lowest BCUT2D eigenvalue weighted by Gasteiger charge is -2.16. The molecule has 276 valence electrons. The summed E-state index contributed by atoms with van der Waals surface area (Å²) in [5.41, 5.74) is 2.03. The van der Waals surface area contributed by atoms with Crippen LogP contribution in [0.1, 0.15) is 54.9 Å². The fourth-order valence-corrected chi connectivity index (χ4v) is 7.75. The molecule has 0 aliphatic carbocycles. The third-order valence-electron chi connectivity index (χ3n) is 7.86. The van der Waals surface area contributed by atoms with Gasteiger partial charge in [0.25, 0.3) is 17.7 Å². The number of thioether (sulfide) groups is 1. The van der Waals surface area contributed by atoms with Crippen molar-refractivity contribution in [3.05, 3.63) is 146 Å². The van der Waals surface area contributed by atoms with E-state index in [1.54, 1.807) is 104 Å². The molecule has 5 aromatic rings. The molecule has 5 rings (SSSR count). The van der Waals surface area contributed by atoms with Crippen LogP contribution in [0.15, 0.2) is 114 Å². The molecule has 4 N–H and O–H groups in total. The number of carbonyl (C=O) groups is 5. The van der Waals surface area contributed by atoms with E-state index in [1.165, 1.54) is 24.9 Å². The van der Waals surface area contributed by atoms with Crippen molar-refractivity contribution in [3.8, 4) is 0 Å². The van der Waals surface area contributed by atoms with Gasteiger partial charge in [-0.2, -0.15) is 0 Å². The molecular weight excluding hydrogens is 768 g/mol. The number of halogens is 2. The molecule has 0 radical (unpaired) electrons. The Morgan fingerprint density at radius 1 is 0.796 bits per heavy atom. The minimum Gasteiger partial charge on any atom is -0.465 e. The number of rotatable bonds is 13. The summed E-state index contributed by atoms with van der Waals surface area (Å²) in [5.74, 6) is -2.67. The highest BCUT2D eigenvalue weighted by Gasteiger charge is 2.28. The number of thiophene rings is 1. The van der Waals surface area contributed by atoms with Crippen LogP contribution < -0.4 is 21.3 Å². The molecule has 54 heavy (non-hydrogen) atoms. The predicted octanol–water partition coefficient (Wildman–Crippen LogP) is 9.32. The molecule has 1 unspecified atom stereocenters. The van der Waals surface area contributed by atoms with Gasteiger partial charge in [-0.25, -0.2) is 4.79 Å². The molecule has 0 spiro atoms. The smallest absolute Gasteiger partial charge is 0.341 e. The van der Waals surface area contributed by atoms with Crippen molar-refractivity contribution in [1.82, 2.24) is 5.32 Å². The summed E-state index contributed by atoms with van der Waals surface area (Å²) in [7, 11) is 1.23. The van der Waals surface area contributed by atoms with Gasteiger partial charge in [0.2, 0.25) is 5.91 Å². The second-order valence-corrected chi connectivity index (χ2v) is 14.7. The molecule has 4 amide bonds. The van der Waals surface area contributed by atoms with Crippen LogP contribution >= 0.6 is 46.3 Å². The second-order valence-electron chi connectivity index (χ2n) is 11.6. The van der Waals surface area contributed by atoms with Gasteiger partial charge in [0.1, 0.15) is 10.7 Å². The van der Waals surface area contributed by atoms with Crippen molar-refractivity contribution in [3.63, 3.8) is 0 Å². The number of hydrogen-bond donors (Lipinski definition) is 4. The number of para-hydroxylation sites is 1. The third kappa shape index (κ3) is 9.97. The summed E-state index contributed by atoms with van der Waals surface area (Å²) in [5, 5.41) is 11.3. The van der Waals surface area contributed by atoms with E-state index in [-0.39, 0.29) is 31.2 Å². The zero-order valence-electron chi connectivity index (χ0n) is 29.2. The van der Waals surface area contributed by atoms with Crippen LogP contribution in [-0.2, 0) is 14.3 Å². The first-order valence-electron chi connectivity index (χ1n) is 16.5. The lowest BCUT2D eigenvalue weighted by molar-refractivity contribution is -0.116. The van der Waals surface area contributed by atoms with E-state index in [9.17, 15) is 24.0 Å². The SMILES string of the molecule is CCC(Sc1cccc(NC(=O)/C(=C\c2c(Cl)cccc2Cl)NC(=O)c2ccccc2)c1)C(=O)Nc1sc(C(=O)Nc2ccccc2)c(C)c1C(=O)OC. The molecule has 0 saturated carbocycles. The van der Waals surface area contributed by atoms with Crippen LogP contribution in [-0.4, -0.2) is 42.0 Å². The molecule has 10 nitrogen and oxygen atoms in total. The fourth-order valence-electron chi connectivity index (χ4n) is 5.14. The van der Waals surface area contributed by atoms with Crippen molar-refractivity contribution in [2.45, 2.75) is 30.4 Å². The Bertz CT molecular complexity index is 2210. The Morgan fingerprint density at radius 2 is 1.43 bits per heavy atom. The van der Waals surface area contributed by atoms with E-state index in [2.05, 4.69) is 21.3 Å². The fraction of sp³-hybridized carbons (Fsp3) is 0.125. The van der Waals surface area contributed by atoms with Crippen molar-refractivity contribution in [1.29, 1.82) is 0 Å². The summed E-state index contributed by atoms with van der Waals surface area (Å²) >= 11 is 15.0. The highest BCUT2D eigenvalue weighted by molar-refractivity contribution is 8.00. The van der Waals surface area contributed by atoms with E-state index in [0.717, 1.165) is 11.3 Å². The summed E-state index contributed by atoms with van der Waals surface area (Å²) < 4.78 is 4.99. The number of carbonyl (C=O) groups excluding carboxylic acids is 5. The zero-order chi connectivity index (χ0) is 38.8. The quantitative estimate of drug-likeness (QED) is 0.0528. The van der Waals surface area contributed by atoms with E-state index in [1.807, 2.05) is 13.0 Å². The molecule has 0 bridgehead atoms. The molecule has 0 saturated heterocycles. The van der Waals surface area contributed by atoms with Crippen LogP contribution in [0.25, 0.3) is 6.08 Å². The second kappa shape index (κ2) is 18.6. The van der Waals surface area contributed by atoms with E-state index in [0.29, 0.717) is 39.4 Å². The molecule has 1 atom stereocenters. The number of anilines is 3. The lowest BCUT2D eigenvalue weighted by Crippen LogP contribution is -2.30. The van der Waals surface area contributed by atoms with E-state index < -0.39 is 34.8 Å². The average Bonchev–Trinajstić information content (AvgIpc) is 3.50. The van der Waals surface area contributed by atoms with Crippen LogP contribution in [0.3, 0.4) is 0 Å². The number of nitrogens with one attached hydrogen (secondary N) is 4. The van der Waals surface area contributed by atoms with Gasteiger partial charge in [-0.3, -0.25) is 19.2 Å². The van der Waals surface area contributed by atoms with Gasteiger partial charge in [0.15, 0.2) is 0 Å². The van der Waals surface area contributed by atoms with Crippen LogP contribution in [0.4, 0.5) is 16.4 Å². The first-order chi connectivity index (χ1) is 26.0. The summed E-state index contributed by atoms with van der Waals surface area (Å²) in [6.07, 6.45) is 1.81. The number of methoxy groups -OCH3 is 1. The molecule has 0 aliphatic rings. The van der Waals surface area contributed by atoms with Crippen LogP contribution in [0, 0.1) is 6.92 Å². The molecule has 0 aliphatic heterocycles. The van der Waals surface area contributed by atoms with E-state index >= 15 is 0 Å². The standard InChI is InChI=1S/C40H34Cl2N4O6S2/c1-4-32(37(49)46-39-33(40(51)52-3)23(2)34(54-39)38(50)43-25-15-9-6-10-16-25)53-27-18-11-17-26(21-27)44-36(48)31(22-28-29(41)19-12-20-30(28)42)45-35(47)24-13-7-5-8-14-24/h5-22,32H,4H2,1-3H3,(H,43,50)(H,44,48)(H,45,47)(H,46,49)/b31-22+. The van der Waals surface area contributed by atoms with Gasteiger partial charge >= 0.3 is 5.97 Å². The van der Waals surface area contributed by atoms with Gasteiger partial charge in [0.05, 0.1) is 22.8 Å². The van der Waals surface area contributed by atoms with Crippen molar-refractivity contribution in [2.75, 3.05) is 23.1 Å². The topological polar surface area (TPSA) is 143 Å². The number of ether oxygens (including phenoxy) is 1. The van der Waals surface area contributed by atoms with Gasteiger partial charge in [-0.05, 0) is 79.6 Å². The van der Waals surface area contributed by atoms with E-state index in [4.69, 9.17) is 27.9 Å². The lowest BCUT2D eigenvalue weighted by atomic mass is 10.1. The highest BCUT2D eigenvalue weighted by Crippen LogP contribution is 2.36. The Morgan fingerprint density at radius 3 is 2.07 bits per heavy atom. The maximum absolute atomic E-state index is 13.7. The summed E-state index contributed by atoms with van der Waals surface area (Å²) in [6.45, 7) is 3.47. The first kappa shape index (κ1) is 39.8. The molecule has 14 heteroatoms. The number of hydrogen-bond acceptors (Lipinski definition) is 8. The predicted molar refractivity (Wildman–Crippen MR) is 217 cm³/mol. The normalized spacial score (nSPS) is 11.6. The molecular formula is C40H34Cl2N4O6S2. The number of esters is 1. The van der Waals surface area contributed by atoms with Gasteiger partial charge in [-0.15, -0.1) is 23.1 Å². The molecule has 1 aromatic heterocycles. The minimum atomic E-state index is -0.688. The Kier molecular flexibility index (Phi) is 13.7. The third-order valence-corrected chi connectivity index (χ3v) is 11.1. The maximum Gasteiger partial charge on any atom is 0.341 e. The monoisotopic (exact) mass is 800 g/mol. The minimum absolute atomic E-state index is 0.0971. The first-order valence-corrected chi connectivity index (χ1v) is 18.9. The summed E-state index contributed by atoms with van der Waals surface area (Å²) in [6, 6.07) is 29.1. The van der Waals surface area contributed by atoms with Crippen molar-refractivity contribution < 1.29 is 28.7 Å². The average molecular weight is 802 g/mol. The van der Waals surface area contributed by atoms with Gasteiger partial charge in [-0.1, -0.05) is 78.7 Å². The highest BCUT2D eigenvalue weighted by atomic mass is 35.5. The maximum atomic E-state index is 13.7. The van der Waals surface area contributed by atoms with Crippen LogP contribution in [0.2, 0.25) is 10.0 Å². The number of benzene rings is 4. The molecule has 1 heterocycles. The molecule has 0 fully saturated rings. The Labute approximate surface area is 330 Å².